The summed E-state index contributed by atoms with van der Waals surface area (Å²) in [6.45, 7) is 4.33. The number of halogens is 1. The number of hydrogen-bond donors (Lipinski definition) is 1. The van der Waals surface area contributed by atoms with Gasteiger partial charge in [-0.15, -0.1) is 10.2 Å². The monoisotopic (exact) mass is 394 g/mol. The van der Waals surface area contributed by atoms with Crippen LogP contribution in [0.25, 0.3) is 0 Å². The lowest BCUT2D eigenvalue weighted by Crippen LogP contribution is -2.46. The molecule has 1 unspecified atom stereocenters. The Hall–Kier alpha value is -2.26. The number of hydrogen-bond acceptors (Lipinski definition) is 6. The summed E-state index contributed by atoms with van der Waals surface area (Å²) < 4.78 is 24.2. The normalized spacial score (nSPS) is 17.0. The maximum atomic E-state index is 13.0. The number of urea groups is 1. The Kier molecular flexibility index (Phi) is 6.94. The highest BCUT2D eigenvalue weighted by atomic mass is 32.1. The van der Waals surface area contributed by atoms with Crippen molar-refractivity contribution in [1.82, 2.24) is 15.1 Å². The molecule has 1 aromatic heterocycles. The highest BCUT2D eigenvalue weighted by Gasteiger charge is 2.25. The van der Waals surface area contributed by atoms with Crippen LogP contribution in [0.5, 0.6) is 5.75 Å². The van der Waals surface area contributed by atoms with Gasteiger partial charge in [0.05, 0.1) is 13.2 Å². The molecular weight excluding hydrogens is 371 g/mol. The molecule has 7 nitrogen and oxygen atoms in total. The van der Waals surface area contributed by atoms with Crippen molar-refractivity contribution in [3.63, 3.8) is 0 Å². The van der Waals surface area contributed by atoms with Gasteiger partial charge >= 0.3 is 6.03 Å². The lowest BCUT2D eigenvalue weighted by Gasteiger charge is -2.32. The van der Waals surface area contributed by atoms with Crippen molar-refractivity contribution in [2.24, 2.45) is 0 Å². The number of benzene rings is 1. The first-order valence-electron chi connectivity index (χ1n) is 9.02. The summed E-state index contributed by atoms with van der Waals surface area (Å²) in [5, 5.41) is 12.2. The summed E-state index contributed by atoms with van der Waals surface area (Å²) in [5.74, 6) is 0.302. The smallest absolute Gasteiger partial charge is 0.323 e. The summed E-state index contributed by atoms with van der Waals surface area (Å²) in [7, 11) is 0. The van der Waals surface area contributed by atoms with Gasteiger partial charge in [-0.25, -0.2) is 9.18 Å². The van der Waals surface area contributed by atoms with Gasteiger partial charge in [0.25, 0.3) is 0 Å². The molecule has 0 bridgehead atoms. The van der Waals surface area contributed by atoms with Gasteiger partial charge in [-0.2, -0.15) is 0 Å². The molecule has 146 valence electrons. The number of nitrogens with one attached hydrogen (secondary N) is 1. The quantitative estimate of drug-likeness (QED) is 0.729. The van der Waals surface area contributed by atoms with E-state index in [9.17, 15) is 9.18 Å². The van der Waals surface area contributed by atoms with Gasteiger partial charge in [0.15, 0.2) is 0 Å². The molecule has 1 saturated heterocycles. The highest BCUT2D eigenvalue weighted by molar-refractivity contribution is 7.15. The predicted molar refractivity (Wildman–Crippen MR) is 101 cm³/mol. The van der Waals surface area contributed by atoms with Crippen LogP contribution in [0.4, 0.5) is 14.3 Å². The maximum absolute atomic E-state index is 13.0. The lowest BCUT2D eigenvalue weighted by atomic mass is 10.1. The molecule has 3 rings (SSSR count). The fourth-order valence-corrected chi connectivity index (χ4v) is 3.51. The zero-order chi connectivity index (χ0) is 19.1. The Morgan fingerprint density at radius 3 is 2.96 bits per heavy atom. The maximum Gasteiger partial charge on any atom is 0.323 e. The minimum absolute atomic E-state index is 0.119. The molecule has 1 aliphatic heterocycles. The van der Waals surface area contributed by atoms with Gasteiger partial charge in [0.2, 0.25) is 5.13 Å². The number of rotatable bonds is 7. The van der Waals surface area contributed by atoms with E-state index in [2.05, 4.69) is 15.5 Å². The average molecular weight is 394 g/mol. The third-order valence-corrected chi connectivity index (χ3v) is 5.03. The number of ether oxygens (including phenoxy) is 2. The minimum Gasteiger partial charge on any atom is -0.489 e. The second kappa shape index (κ2) is 9.61. The Morgan fingerprint density at radius 1 is 1.37 bits per heavy atom. The van der Waals surface area contributed by atoms with Crippen LogP contribution in [0.15, 0.2) is 24.3 Å². The van der Waals surface area contributed by atoms with Gasteiger partial charge in [-0.3, -0.25) is 5.32 Å². The van der Waals surface area contributed by atoms with Crippen molar-refractivity contribution in [3.8, 4) is 5.75 Å². The topological polar surface area (TPSA) is 76.6 Å². The molecule has 0 aliphatic carbocycles. The second-order valence-corrected chi connectivity index (χ2v) is 7.22. The van der Waals surface area contributed by atoms with Crippen LogP contribution in [0.1, 0.15) is 24.8 Å². The van der Waals surface area contributed by atoms with Crippen molar-refractivity contribution in [1.29, 1.82) is 0 Å². The molecule has 1 aliphatic rings. The number of carbonyl (C=O) groups is 1. The standard InChI is InChI=1S/C18H23FN4O3S/c1-2-25-11-9-16-21-22-17(27-16)20-18(24)23-10-3-4-15(12-23)26-14-7-5-13(19)6-8-14/h5-8,15H,2-4,9-12H2,1H3,(H,20,22,24). The lowest BCUT2D eigenvalue weighted by molar-refractivity contribution is 0.106. The number of anilines is 1. The van der Waals surface area contributed by atoms with Crippen LogP contribution >= 0.6 is 11.3 Å². The Bertz CT molecular complexity index is 740. The van der Waals surface area contributed by atoms with E-state index in [0.29, 0.717) is 43.6 Å². The SMILES string of the molecule is CCOCCc1nnc(NC(=O)N2CCCC(Oc3ccc(F)cc3)C2)s1. The van der Waals surface area contributed by atoms with E-state index in [4.69, 9.17) is 9.47 Å². The van der Waals surface area contributed by atoms with E-state index in [1.54, 1.807) is 17.0 Å². The molecule has 1 atom stereocenters. The van der Waals surface area contributed by atoms with Crippen LogP contribution in [0.3, 0.4) is 0 Å². The highest BCUT2D eigenvalue weighted by Crippen LogP contribution is 2.21. The largest absolute Gasteiger partial charge is 0.489 e. The van der Waals surface area contributed by atoms with E-state index in [0.717, 1.165) is 17.8 Å². The molecule has 0 spiro atoms. The fourth-order valence-electron chi connectivity index (χ4n) is 2.80. The molecule has 27 heavy (non-hydrogen) atoms. The minimum atomic E-state index is -0.301. The number of aromatic nitrogens is 2. The van der Waals surface area contributed by atoms with Crippen LogP contribution < -0.4 is 10.1 Å². The van der Waals surface area contributed by atoms with E-state index >= 15 is 0 Å². The average Bonchev–Trinajstić information content (AvgIpc) is 3.11. The third-order valence-electron chi connectivity index (χ3n) is 4.13. The van der Waals surface area contributed by atoms with Crippen LogP contribution in [0.2, 0.25) is 0 Å². The summed E-state index contributed by atoms with van der Waals surface area (Å²) in [4.78, 5) is 14.2. The van der Waals surface area contributed by atoms with Crippen LogP contribution in [-0.4, -0.2) is 53.5 Å². The number of piperidine rings is 1. The Labute approximate surface area is 161 Å². The zero-order valence-corrected chi connectivity index (χ0v) is 16.0. The predicted octanol–water partition coefficient (Wildman–Crippen LogP) is 3.33. The van der Waals surface area contributed by atoms with E-state index < -0.39 is 0 Å². The molecule has 9 heteroatoms. The fraction of sp³-hybridized carbons (Fsp3) is 0.500. The van der Waals surface area contributed by atoms with Crippen molar-refractivity contribution < 1.29 is 18.7 Å². The summed E-state index contributed by atoms with van der Waals surface area (Å²) in [6, 6.07) is 5.70. The summed E-state index contributed by atoms with van der Waals surface area (Å²) >= 11 is 1.35. The van der Waals surface area contributed by atoms with Gasteiger partial charge in [-0.1, -0.05) is 11.3 Å². The number of likely N-dealkylation sites (tertiary alicyclic amines) is 1. The first-order valence-corrected chi connectivity index (χ1v) is 9.84. The molecule has 1 N–H and O–H groups in total. The first kappa shape index (κ1) is 19.5. The number of carbonyl (C=O) groups excluding carboxylic acids is 1. The Morgan fingerprint density at radius 2 is 2.19 bits per heavy atom. The van der Waals surface area contributed by atoms with Crippen molar-refractivity contribution >= 4 is 22.5 Å². The zero-order valence-electron chi connectivity index (χ0n) is 15.2. The summed E-state index contributed by atoms with van der Waals surface area (Å²) in [5.41, 5.74) is 0. The van der Waals surface area contributed by atoms with Gasteiger partial charge < -0.3 is 14.4 Å². The molecule has 1 aromatic carbocycles. The van der Waals surface area contributed by atoms with Crippen molar-refractivity contribution in [2.45, 2.75) is 32.3 Å². The number of amides is 2. The molecule has 2 heterocycles. The first-order chi connectivity index (χ1) is 13.1. The molecule has 0 radical (unpaired) electrons. The van der Waals surface area contributed by atoms with Gasteiger partial charge in [-0.05, 0) is 44.0 Å². The Balaban J connectivity index is 1.50. The van der Waals surface area contributed by atoms with Gasteiger partial charge in [0.1, 0.15) is 22.7 Å². The number of nitrogens with zero attached hydrogens (tertiary/aromatic N) is 3. The third kappa shape index (κ3) is 5.86. The second-order valence-electron chi connectivity index (χ2n) is 6.16. The molecule has 2 aromatic rings. The molecule has 1 fully saturated rings. The van der Waals surface area contributed by atoms with Crippen molar-refractivity contribution in [3.05, 3.63) is 35.1 Å². The molecule has 0 saturated carbocycles. The van der Waals surface area contributed by atoms with E-state index in [1.165, 1.54) is 23.5 Å². The molecular formula is C18H23FN4O3S. The van der Waals surface area contributed by atoms with E-state index in [1.807, 2.05) is 6.92 Å². The van der Waals surface area contributed by atoms with Gasteiger partial charge in [0, 0.05) is 19.6 Å². The summed E-state index contributed by atoms with van der Waals surface area (Å²) in [6.07, 6.45) is 2.25. The van der Waals surface area contributed by atoms with Crippen LogP contribution in [0, 0.1) is 5.82 Å². The van der Waals surface area contributed by atoms with E-state index in [-0.39, 0.29) is 18.0 Å². The van der Waals surface area contributed by atoms with Crippen molar-refractivity contribution in [2.75, 3.05) is 31.6 Å². The van der Waals surface area contributed by atoms with Crippen LogP contribution in [-0.2, 0) is 11.2 Å². The molecule has 2 amide bonds.